The molecule has 0 radical (unpaired) electrons. The predicted octanol–water partition coefficient (Wildman–Crippen LogP) is -0.319. The van der Waals surface area contributed by atoms with Gasteiger partial charge in [-0.2, -0.15) is 0 Å². The molecule has 6 heteroatoms. The number of rotatable bonds is 4. The quantitative estimate of drug-likeness (QED) is 0.687. The maximum Gasteiger partial charge on any atom is 0.305 e. The summed E-state index contributed by atoms with van der Waals surface area (Å²) < 4.78 is 0. The van der Waals surface area contributed by atoms with Gasteiger partial charge in [-0.25, -0.2) is 9.97 Å². The number of amides is 1. The van der Waals surface area contributed by atoms with Gasteiger partial charge in [-0.3, -0.25) is 9.59 Å². The van der Waals surface area contributed by atoms with Crippen molar-refractivity contribution in [3.8, 4) is 0 Å². The molecule has 74 valence electrons. The van der Waals surface area contributed by atoms with Crippen LogP contribution >= 0.6 is 0 Å². The molecule has 0 spiro atoms. The first-order valence-corrected chi connectivity index (χ1v) is 3.95. The third kappa shape index (κ3) is 3.18. The van der Waals surface area contributed by atoms with Crippen LogP contribution in [0.15, 0.2) is 18.7 Å². The molecule has 1 aromatic heterocycles. The lowest BCUT2D eigenvalue weighted by molar-refractivity contribution is -0.136. The van der Waals surface area contributed by atoms with E-state index >= 15 is 0 Å². The van der Waals surface area contributed by atoms with Crippen LogP contribution in [0.1, 0.15) is 16.8 Å². The van der Waals surface area contributed by atoms with Gasteiger partial charge in [0.1, 0.15) is 6.33 Å². The molecule has 14 heavy (non-hydrogen) atoms. The van der Waals surface area contributed by atoms with Crippen molar-refractivity contribution in [2.75, 3.05) is 6.54 Å². The number of carboxylic acids is 1. The highest BCUT2D eigenvalue weighted by atomic mass is 16.4. The second-order valence-corrected chi connectivity index (χ2v) is 2.53. The van der Waals surface area contributed by atoms with Gasteiger partial charge in [0, 0.05) is 18.9 Å². The van der Waals surface area contributed by atoms with E-state index < -0.39 is 5.97 Å². The van der Waals surface area contributed by atoms with Crippen molar-refractivity contribution >= 4 is 11.9 Å². The van der Waals surface area contributed by atoms with Crippen LogP contribution in [0.3, 0.4) is 0 Å². The fourth-order valence-electron chi connectivity index (χ4n) is 0.801. The summed E-state index contributed by atoms with van der Waals surface area (Å²) in [5, 5.41) is 10.8. The molecule has 6 nitrogen and oxygen atoms in total. The molecule has 1 rings (SSSR count). The van der Waals surface area contributed by atoms with E-state index in [1.165, 1.54) is 18.7 Å². The summed E-state index contributed by atoms with van der Waals surface area (Å²) in [6.07, 6.45) is 3.94. The summed E-state index contributed by atoms with van der Waals surface area (Å²) in [4.78, 5) is 28.7. The lowest BCUT2D eigenvalue weighted by atomic mass is 10.3. The predicted molar refractivity (Wildman–Crippen MR) is 46.6 cm³/mol. The minimum absolute atomic E-state index is 0.0978. The normalized spacial score (nSPS) is 9.43. The van der Waals surface area contributed by atoms with Crippen LogP contribution in [0.2, 0.25) is 0 Å². The maximum atomic E-state index is 11.2. The summed E-state index contributed by atoms with van der Waals surface area (Å²) in [6, 6.07) is 0. The van der Waals surface area contributed by atoms with Gasteiger partial charge in [0.25, 0.3) is 5.91 Å². The lowest BCUT2D eigenvalue weighted by Crippen LogP contribution is -2.26. The van der Waals surface area contributed by atoms with Crippen molar-refractivity contribution in [1.29, 1.82) is 0 Å². The van der Waals surface area contributed by atoms with Crippen molar-refractivity contribution in [1.82, 2.24) is 15.3 Å². The Morgan fingerprint density at radius 1 is 1.36 bits per heavy atom. The van der Waals surface area contributed by atoms with Gasteiger partial charge >= 0.3 is 5.97 Å². The third-order valence-electron chi connectivity index (χ3n) is 1.45. The Morgan fingerprint density at radius 2 is 2.00 bits per heavy atom. The number of nitrogens with zero attached hydrogens (tertiary/aromatic N) is 2. The summed E-state index contributed by atoms with van der Waals surface area (Å²) in [7, 11) is 0. The van der Waals surface area contributed by atoms with Crippen molar-refractivity contribution in [3.05, 3.63) is 24.3 Å². The molecule has 2 N–H and O–H groups in total. The Labute approximate surface area is 80.0 Å². The van der Waals surface area contributed by atoms with Crippen molar-refractivity contribution in [2.24, 2.45) is 0 Å². The van der Waals surface area contributed by atoms with E-state index in [-0.39, 0.29) is 18.9 Å². The zero-order valence-corrected chi connectivity index (χ0v) is 7.30. The van der Waals surface area contributed by atoms with Crippen molar-refractivity contribution in [2.45, 2.75) is 6.42 Å². The molecule has 1 amide bonds. The number of aliphatic carboxylic acids is 1. The maximum absolute atomic E-state index is 11.2. The van der Waals surface area contributed by atoms with E-state index in [1.807, 2.05) is 0 Å². The van der Waals surface area contributed by atoms with Crippen molar-refractivity contribution in [3.63, 3.8) is 0 Å². The lowest BCUT2D eigenvalue weighted by Gasteiger charge is -2.01. The van der Waals surface area contributed by atoms with E-state index in [1.54, 1.807) is 0 Å². The summed E-state index contributed by atoms with van der Waals surface area (Å²) in [6.45, 7) is 0.100. The number of carbonyl (C=O) groups excluding carboxylic acids is 1. The molecule has 0 aliphatic carbocycles. The van der Waals surface area contributed by atoms with Gasteiger partial charge in [-0.05, 0) is 0 Å². The highest BCUT2D eigenvalue weighted by Gasteiger charge is 2.05. The first kappa shape index (κ1) is 10.1. The first-order valence-electron chi connectivity index (χ1n) is 3.95. The van der Waals surface area contributed by atoms with Gasteiger partial charge < -0.3 is 10.4 Å². The molecule has 0 atom stereocenters. The molecule has 0 aliphatic rings. The van der Waals surface area contributed by atoms with Gasteiger partial charge in [-0.15, -0.1) is 0 Å². The van der Waals surface area contributed by atoms with Gasteiger partial charge in [0.2, 0.25) is 0 Å². The number of aromatic nitrogens is 2. The minimum Gasteiger partial charge on any atom is -0.481 e. The molecule has 0 bridgehead atoms. The Morgan fingerprint density at radius 3 is 2.57 bits per heavy atom. The summed E-state index contributed by atoms with van der Waals surface area (Å²) in [5.74, 6) is -1.32. The van der Waals surface area contributed by atoms with Crippen LogP contribution in [-0.2, 0) is 4.79 Å². The Balaban J connectivity index is 2.40. The SMILES string of the molecule is O=C(O)CCNC(=O)c1cncnc1. The third-order valence-corrected chi connectivity index (χ3v) is 1.45. The molecule has 0 aliphatic heterocycles. The molecule has 0 fully saturated rings. The highest BCUT2D eigenvalue weighted by Crippen LogP contribution is 1.92. The van der Waals surface area contributed by atoms with E-state index in [0.29, 0.717) is 5.56 Å². The monoisotopic (exact) mass is 195 g/mol. The number of carboxylic acid groups (broad SMARTS) is 1. The molecule has 0 saturated heterocycles. The molecular weight excluding hydrogens is 186 g/mol. The second-order valence-electron chi connectivity index (χ2n) is 2.53. The molecule has 0 unspecified atom stereocenters. The number of hydrogen-bond donors (Lipinski definition) is 2. The van der Waals surface area contributed by atoms with Crippen LogP contribution in [0.5, 0.6) is 0 Å². The smallest absolute Gasteiger partial charge is 0.305 e. The van der Waals surface area contributed by atoms with Crippen LogP contribution in [-0.4, -0.2) is 33.5 Å². The van der Waals surface area contributed by atoms with Crippen LogP contribution in [0.25, 0.3) is 0 Å². The average molecular weight is 195 g/mol. The van der Waals surface area contributed by atoms with E-state index in [4.69, 9.17) is 5.11 Å². The number of carbonyl (C=O) groups is 2. The second kappa shape index (κ2) is 4.90. The van der Waals surface area contributed by atoms with E-state index in [9.17, 15) is 9.59 Å². The van der Waals surface area contributed by atoms with Crippen LogP contribution in [0, 0.1) is 0 Å². The number of nitrogens with one attached hydrogen (secondary N) is 1. The van der Waals surface area contributed by atoms with E-state index in [2.05, 4.69) is 15.3 Å². The molecular formula is C8H9N3O3. The zero-order chi connectivity index (χ0) is 10.4. The van der Waals surface area contributed by atoms with Gasteiger partial charge in [0.15, 0.2) is 0 Å². The first-order chi connectivity index (χ1) is 6.70. The van der Waals surface area contributed by atoms with Gasteiger partial charge in [0.05, 0.1) is 12.0 Å². The standard InChI is InChI=1S/C8H9N3O3/c12-7(13)1-2-11-8(14)6-3-9-5-10-4-6/h3-5H,1-2H2,(H,11,14)(H,12,13). The largest absolute Gasteiger partial charge is 0.481 e. The summed E-state index contributed by atoms with van der Waals surface area (Å²) in [5.41, 5.74) is 0.317. The van der Waals surface area contributed by atoms with E-state index in [0.717, 1.165) is 0 Å². The zero-order valence-electron chi connectivity index (χ0n) is 7.30. The van der Waals surface area contributed by atoms with Crippen LogP contribution < -0.4 is 5.32 Å². The molecule has 1 aromatic rings. The fraction of sp³-hybridized carbons (Fsp3) is 0.250. The minimum atomic E-state index is -0.949. The Bertz CT molecular complexity index is 326. The molecule has 0 aromatic carbocycles. The average Bonchev–Trinajstić information content (AvgIpc) is 2.18. The van der Waals surface area contributed by atoms with Crippen molar-refractivity contribution < 1.29 is 14.7 Å². The van der Waals surface area contributed by atoms with Gasteiger partial charge in [-0.1, -0.05) is 0 Å². The Hall–Kier alpha value is -1.98. The topological polar surface area (TPSA) is 92.2 Å². The number of hydrogen-bond acceptors (Lipinski definition) is 4. The highest BCUT2D eigenvalue weighted by molar-refractivity contribution is 5.93. The molecule has 0 saturated carbocycles. The fourth-order valence-corrected chi connectivity index (χ4v) is 0.801. The Kier molecular flexibility index (Phi) is 3.54. The van der Waals surface area contributed by atoms with Crippen LogP contribution in [0.4, 0.5) is 0 Å². The summed E-state index contributed by atoms with van der Waals surface area (Å²) >= 11 is 0. The molecule has 1 heterocycles.